The van der Waals surface area contributed by atoms with E-state index in [2.05, 4.69) is 15.5 Å². The number of halogens is 2. The lowest BCUT2D eigenvalue weighted by Crippen LogP contribution is -2.24. The third-order valence-electron chi connectivity index (χ3n) is 3.86. The summed E-state index contributed by atoms with van der Waals surface area (Å²) in [6, 6.07) is 7.29. The van der Waals surface area contributed by atoms with Crippen LogP contribution >= 0.6 is 23.2 Å². The second-order valence-corrected chi connectivity index (χ2v) is 6.61. The molecule has 1 atom stereocenters. The van der Waals surface area contributed by atoms with Gasteiger partial charge in [0.2, 0.25) is 0 Å². The van der Waals surface area contributed by atoms with Gasteiger partial charge in [-0.1, -0.05) is 29.3 Å². The zero-order valence-electron chi connectivity index (χ0n) is 14.1. The second-order valence-electron chi connectivity index (χ2n) is 5.76. The number of amides is 1. The lowest BCUT2D eigenvalue weighted by molar-refractivity contribution is -0.140. The molecule has 2 N–H and O–H groups in total. The van der Waals surface area contributed by atoms with Crippen molar-refractivity contribution in [3.63, 3.8) is 0 Å². The minimum Gasteiger partial charge on any atom is -0.480 e. The van der Waals surface area contributed by atoms with Gasteiger partial charge in [-0.15, -0.1) is 0 Å². The largest absolute Gasteiger partial charge is 0.480 e. The fourth-order valence-electron chi connectivity index (χ4n) is 2.43. The lowest BCUT2D eigenvalue weighted by atomic mass is 10.2. The van der Waals surface area contributed by atoms with Gasteiger partial charge < -0.3 is 10.4 Å². The van der Waals surface area contributed by atoms with Crippen LogP contribution in [0.3, 0.4) is 0 Å². The normalized spacial score (nSPS) is 12.0. The number of hydrogen-bond acceptors (Lipinski definition) is 4. The Morgan fingerprint density at radius 3 is 2.74 bits per heavy atom. The average molecular weight is 408 g/mol. The molecular formula is C17H15Cl2N5O3. The highest BCUT2D eigenvalue weighted by Crippen LogP contribution is 2.22. The Morgan fingerprint density at radius 1 is 1.26 bits per heavy atom. The third kappa shape index (κ3) is 4.29. The first-order chi connectivity index (χ1) is 12.8. The maximum Gasteiger partial charge on any atom is 0.328 e. The Hall–Kier alpha value is -2.84. The Labute approximate surface area is 164 Å². The van der Waals surface area contributed by atoms with Crippen LogP contribution in [0.2, 0.25) is 10.0 Å². The van der Waals surface area contributed by atoms with Crippen molar-refractivity contribution in [1.29, 1.82) is 0 Å². The van der Waals surface area contributed by atoms with Crippen molar-refractivity contribution >= 4 is 40.9 Å². The van der Waals surface area contributed by atoms with E-state index in [0.29, 0.717) is 22.4 Å². The number of carboxylic acids is 1. The number of nitrogens with zero attached hydrogens (tertiary/aromatic N) is 4. The molecular weight excluding hydrogens is 393 g/mol. The zero-order valence-corrected chi connectivity index (χ0v) is 15.6. The number of benzene rings is 1. The summed E-state index contributed by atoms with van der Waals surface area (Å²) in [5.41, 5.74) is 0.954. The summed E-state index contributed by atoms with van der Waals surface area (Å²) in [6.07, 6.45) is 3.06. The first-order valence-corrected chi connectivity index (χ1v) is 8.66. The van der Waals surface area contributed by atoms with E-state index in [1.807, 2.05) is 0 Å². The van der Waals surface area contributed by atoms with Gasteiger partial charge in [-0.05, 0) is 30.7 Å². The maximum absolute atomic E-state index is 12.4. The quantitative estimate of drug-likeness (QED) is 0.652. The number of aliphatic carboxylic acids is 1. The van der Waals surface area contributed by atoms with E-state index >= 15 is 0 Å². The number of aromatic nitrogens is 4. The van der Waals surface area contributed by atoms with Gasteiger partial charge in [0.1, 0.15) is 11.7 Å². The molecule has 8 nitrogen and oxygen atoms in total. The molecule has 0 fully saturated rings. The van der Waals surface area contributed by atoms with E-state index in [0.717, 1.165) is 10.2 Å². The molecule has 0 aliphatic rings. The summed E-state index contributed by atoms with van der Waals surface area (Å²) >= 11 is 12.0. The van der Waals surface area contributed by atoms with Crippen molar-refractivity contribution < 1.29 is 14.7 Å². The van der Waals surface area contributed by atoms with Crippen molar-refractivity contribution in [3.8, 4) is 0 Å². The van der Waals surface area contributed by atoms with Crippen molar-refractivity contribution in [3.05, 3.63) is 64.0 Å². The van der Waals surface area contributed by atoms with Crippen LogP contribution in [-0.2, 0) is 11.3 Å². The molecule has 10 heteroatoms. The minimum atomic E-state index is -1.09. The molecule has 0 saturated carbocycles. The molecule has 0 saturated heterocycles. The standard InChI is InChI=1S/C17H15Cl2N5O3/c1-10(17(26)27)24-14(4-6-20-24)16(25)21-15-5-7-23(22-15)9-11-2-3-12(18)8-13(11)19/h2-8,10H,9H2,1H3,(H,26,27)(H,21,22,25). The molecule has 27 heavy (non-hydrogen) atoms. The lowest BCUT2D eigenvalue weighted by Gasteiger charge is -2.10. The number of hydrogen-bond donors (Lipinski definition) is 2. The first kappa shape index (κ1) is 18.9. The molecule has 0 spiro atoms. The topological polar surface area (TPSA) is 102 Å². The van der Waals surface area contributed by atoms with Crippen LogP contribution in [0.1, 0.15) is 29.0 Å². The van der Waals surface area contributed by atoms with Crippen LogP contribution in [0.4, 0.5) is 5.82 Å². The summed E-state index contributed by atoms with van der Waals surface area (Å²) in [6.45, 7) is 1.84. The van der Waals surface area contributed by atoms with E-state index in [1.54, 1.807) is 35.1 Å². The Bertz CT molecular complexity index is 998. The fraction of sp³-hybridized carbons (Fsp3) is 0.176. The van der Waals surface area contributed by atoms with Crippen LogP contribution < -0.4 is 5.32 Å². The van der Waals surface area contributed by atoms with Crippen LogP contribution in [-0.4, -0.2) is 36.5 Å². The Kier molecular flexibility index (Phi) is 5.48. The van der Waals surface area contributed by atoms with Gasteiger partial charge in [-0.25, -0.2) is 9.48 Å². The van der Waals surface area contributed by atoms with Crippen molar-refractivity contribution in [1.82, 2.24) is 19.6 Å². The maximum atomic E-state index is 12.4. The molecule has 1 aromatic carbocycles. The highest BCUT2D eigenvalue weighted by molar-refractivity contribution is 6.35. The van der Waals surface area contributed by atoms with Gasteiger partial charge in [-0.2, -0.15) is 10.2 Å². The van der Waals surface area contributed by atoms with Gasteiger partial charge in [0, 0.05) is 28.5 Å². The SMILES string of the molecule is CC(C(=O)O)n1nccc1C(=O)Nc1ccn(Cc2ccc(Cl)cc2Cl)n1. The number of carbonyl (C=O) groups excluding carboxylic acids is 1. The average Bonchev–Trinajstić information content (AvgIpc) is 3.26. The van der Waals surface area contributed by atoms with E-state index in [-0.39, 0.29) is 5.69 Å². The molecule has 140 valence electrons. The minimum absolute atomic E-state index is 0.125. The van der Waals surface area contributed by atoms with Crippen LogP contribution in [0.25, 0.3) is 0 Å². The van der Waals surface area contributed by atoms with Gasteiger partial charge in [0.15, 0.2) is 5.82 Å². The van der Waals surface area contributed by atoms with E-state index in [9.17, 15) is 9.59 Å². The molecule has 0 aliphatic carbocycles. The molecule has 2 heterocycles. The number of anilines is 1. The van der Waals surface area contributed by atoms with Gasteiger partial charge in [0.25, 0.3) is 5.91 Å². The van der Waals surface area contributed by atoms with Gasteiger partial charge in [0.05, 0.1) is 6.54 Å². The summed E-state index contributed by atoms with van der Waals surface area (Å²) < 4.78 is 2.75. The van der Waals surface area contributed by atoms with E-state index in [4.69, 9.17) is 28.3 Å². The molecule has 2 aromatic heterocycles. The molecule has 1 unspecified atom stereocenters. The number of rotatable bonds is 6. The molecule has 1 amide bonds. The third-order valence-corrected chi connectivity index (χ3v) is 4.44. The van der Waals surface area contributed by atoms with E-state index in [1.165, 1.54) is 19.2 Å². The zero-order chi connectivity index (χ0) is 19.6. The number of carboxylic acid groups (broad SMARTS) is 1. The molecule has 3 rings (SSSR count). The van der Waals surface area contributed by atoms with Crippen molar-refractivity contribution in [2.45, 2.75) is 19.5 Å². The van der Waals surface area contributed by atoms with Gasteiger partial charge in [-0.3, -0.25) is 9.48 Å². The Balaban J connectivity index is 1.72. The molecule has 0 radical (unpaired) electrons. The second kappa shape index (κ2) is 7.81. The van der Waals surface area contributed by atoms with Gasteiger partial charge >= 0.3 is 5.97 Å². The van der Waals surface area contributed by atoms with Crippen LogP contribution in [0.5, 0.6) is 0 Å². The fourth-order valence-corrected chi connectivity index (χ4v) is 2.90. The highest BCUT2D eigenvalue weighted by Gasteiger charge is 2.21. The smallest absolute Gasteiger partial charge is 0.328 e. The monoisotopic (exact) mass is 407 g/mol. The predicted molar refractivity (Wildman–Crippen MR) is 100 cm³/mol. The van der Waals surface area contributed by atoms with Crippen molar-refractivity contribution in [2.75, 3.05) is 5.32 Å². The summed E-state index contributed by atoms with van der Waals surface area (Å²) in [4.78, 5) is 23.6. The molecule has 0 aliphatic heterocycles. The summed E-state index contributed by atoms with van der Waals surface area (Å²) in [5, 5.41) is 21.0. The number of carbonyl (C=O) groups is 2. The van der Waals surface area contributed by atoms with Crippen LogP contribution in [0.15, 0.2) is 42.7 Å². The highest BCUT2D eigenvalue weighted by atomic mass is 35.5. The first-order valence-electron chi connectivity index (χ1n) is 7.90. The molecule has 3 aromatic rings. The number of nitrogens with one attached hydrogen (secondary N) is 1. The summed E-state index contributed by atoms with van der Waals surface area (Å²) in [5.74, 6) is -1.27. The Morgan fingerprint density at radius 2 is 2.04 bits per heavy atom. The van der Waals surface area contributed by atoms with Crippen molar-refractivity contribution in [2.24, 2.45) is 0 Å². The summed E-state index contributed by atoms with van der Waals surface area (Å²) in [7, 11) is 0. The molecule has 0 bridgehead atoms. The van der Waals surface area contributed by atoms with E-state index < -0.39 is 17.9 Å². The predicted octanol–water partition coefficient (Wildman–Crippen LogP) is 3.33. The van der Waals surface area contributed by atoms with Crippen LogP contribution in [0, 0.1) is 0 Å².